The first-order chi connectivity index (χ1) is 12.7. The number of halogens is 1. The van der Waals surface area contributed by atoms with Crippen LogP contribution in [0.3, 0.4) is 0 Å². The van der Waals surface area contributed by atoms with Gasteiger partial charge in [0.1, 0.15) is 0 Å². The van der Waals surface area contributed by atoms with Crippen molar-refractivity contribution in [1.29, 1.82) is 0 Å². The lowest BCUT2D eigenvalue weighted by atomic mass is 10.2. The molecule has 0 bridgehead atoms. The first-order valence-electron chi connectivity index (χ1n) is 7.77. The lowest BCUT2D eigenvalue weighted by Gasteiger charge is -2.07. The molecule has 0 saturated carbocycles. The van der Waals surface area contributed by atoms with Crippen molar-refractivity contribution in [1.82, 2.24) is 4.98 Å². The van der Waals surface area contributed by atoms with Gasteiger partial charge in [0.15, 0.2) is 23.9 Å². The van der Waals surface area contributed by atoms with E-state index >= 15 is 0 Å². The van der Waals surface area contributed by atoms with E-state index in [2.05, 4.69) is 10.1 Å². The van der Waals surface area contributed by atoms with Gasteiger partial charge in [-0.05, 0) is 42.5 Å². The molecule has 0 aliphatic carbocycles. The van der Waals surface area contributed by atoms with Crippen LogP contribution in [-0.4, -0.2) is 25.4 Å². The molecular weight excluding hydrogens is 356 g/mol. The minimum Gasteiger partial charge on any atom is -0.493 e. The summed E-state index contributed by atoms with van der Waals surface area (Å²) in [6.07, 6.45) is 3.21. The third-order valence-electron chi connectivity index (χ3n) is 3.55. The molecule has 0 fully saturated rings. The second-order valence-electron chi connectivity index (χ2n) is 5.25. The van der Waals surface area contributed by atoms with Crippen LogP contribution in [0.5, 0.6) is 11.5 Å². The van der Waals surface area contributed by atoms with Gasteiger partial charge in [-0.2, -0.15) is 0 Å². The second-order valence-corrected chi connectivity index (χ2v) is 5.68. The standard InChI is InChI=1S/C19H17ClN2O4/c1-23-16-8-3-13(9-17(16)24-2)10-22-25-12-19-21-11-18(26-19)14-4-6-15(20)7-5-14/h3-11H,12H2,1-2H3/b22-10-. The van der Waals surface area contributed by atoms with E-state index in [9.17, 15) is 0 Å². The molecule has 0 spiro atoms. The maximum absolute atomic E-state index is 5.88. The molecule has 2 aromatic carbocycles. The Labute approximate surface area is 156 Å². The molecule has 1 aromatic heterocycles. The first kappa shape index (κ1) is 17.8. The van der Waals surface area contributed by atoms with Crippen molar-refractivity contribution >= 4 is 17.8 Å². The van der Waals surface area contributed by atoms with Crippen LogP contribution in [0.15, 0.2) is 58.2 Å². The first-order valence-corrected chi connectivity index (χ1v) is 8.15. The summed E-state index contributed by atoms with van der Waals surface area (Å²) in [5, 5.41) is 4.59. The van der Waals surface area contributed by atoms with E-state index in [0.29, 0.717) is 28.2 Å². The molecule has 0 aliphatic heterocycles. The van der Waals surface area contributed by atoms with E-state index in [4.69, 9.17) is 30.3 Å². The smallest absolute Gasteiger partial charge is 0.235 e. The van der Waals surface area contributed by atoms with Crippen LogP contribution in [0.25, 0.3) is 11.3 Å². The zero-order valence-corrected chi connectivity index (χ0v) is 15.1. The van der Waals surface area contributed by atoms with Crippen LogP contribution >= 0.6 is 11.6 Å². The van der Waals surface area contributed by atoms with Gasteiger partial charge in [0, 0.05) is 16.1 Å². The second kappa shape index (κ2) is 8.40. The molecule has 1 heterocycles. The number of methoxy groups -OCH3 is 2. The Morgan fingerprint density at radius 2 is 1.85 bits per heavy atom. The molecule has 0 N–H and O–H groups in total. The van der Waals surface area contributed by atoms with E-state index in [1.165, 1.54) is 0 Å². The molecule has 6 nitrogen and oxygen atoms in total. The van der Waals surface area contributed by atoms with Gasteiger partial charge in [-0.15, -0.1) is 0 Å². The van der Waals surface area contributed by atoms with Gasteiger partial charge in [-0.25, -0.2) is 4.98 Å². The van der Waals surface area contributed by atoms with Crippen molar-refractivity contribution in [2.75, 3.05) is 14.2 Å². The minimum atomic E-state index is 0.122. The summed E-state index contributed by atoms with van der Waals surface area (Å²) < 4.78 is 16.1. The fourth-order valence-electron chi connectivity index (χ4n) is 2.25. The Bertz CT molecular complexity index is 891. The topological polar surface area (TPSA) is 66.1 Å². The van der Waals surface area contributed by atoms with E-state index < -0.39 is 0 Å². The maximum Gasteiger partial charge on any atom is 0.235 e. The minimum absolute atomic E-state index is 0.122. The van der Waals surface area contributed by atoms with Gasteiger partial charge in [-0.3, -0.25) is 0 Å². The molecule has 0 saturated heterocycles. The molecule has 0 unspecified atom stereocenters. The average Bonchev–Trinajstić information content (AvgIpc) is 3.14. The van der Waals surface area contributed by atoms with E-state index in [-0.39, 0.29) is 6.61 Å². The number of hydrogen-bond donors (Lipinski definition) is 0. The molecular formula is C19H17ClN2O4. The van der Waals surface area contributed by atoms with Gasteiger partial charge < -0.3 is 18.7 Å². The van der Waals surface area contributed by atoms with Crippen molar-refractivity contribution in [2.45, 2.75) is 6.61 Å². The summed E-state index contributed by atoms with van der Waals surface area (Å²) in [4.78, 5) is 9.42. The van der Waals surface area contributed by atoms with E-state index in [1.54, 1.807) is 50.9 Å². The highest BCUT2D eigenvalue weighted by atomic mass is 35.5. The van der Waals surface area contributed by atoms with E-state index in [1.807, 2.05) is 18.2 Å². The lowest BCUT2D eigenvalue weighted by molar-refractivity contribution is 0.113. The predicted octanol–water partition coefficient (Wildman–Crippen LogP) is 4.56. The summed E-state index contributed by atoms with van der Waals surface area (Å²) >= 11 is 5.88. The van der Waals surface area contributed by atoms with Crippen molar-refractivity contribution in [3.05, 3.63) is 65.1 Å². The molecule has 3 rings (SSSR count). The van der Waals surface area contributed by atoms with Gasteiger partial charge in [0.25, 0.3) is 0 Å². The highest BCUT2D eigenvalue weighted by molar-refractivity contribution is 6.30. The average molecular weight is 373 g/mol. The number of oxime groups is 1. The van der Waals surface area contributed by atoms with Gasteiger partial charge in [0.05, 0.1) is 26.6 Å². The monoisotopic (exact) mass is 372 g/mol. The molecule has 134 valence electrons. The Morgan fingerprint density at radius 1 is 1.08 bits per heavy atom. The number of oxazole rings is 1. The molecule has 0 amide bonds. The molecule has 0 radical (unpaired) electrons. The highest BCUT2D eigenvalue weighted by Gasteiger charge is 2.07. The third-order valence-corrected chi connectivity index (χ3v) is 3.81. The van der Waals surface area contributed by atoms with Crippen LogP contribution in [-0.2, 0) is 11.4 Å². The van der Waals surface area contributed by atoms with Gasteiger partial charge in [0.2, 0.25) is 5.89 Å². The number of rotatable bonds is 7. The Balaban J connectivity index is 1.58. The quantitative estimate of drug-likeness (QED) is 0.449. The van der Waals surface area contributed by atoms with Gasteiger partial charge >= 0.3 is 0 Å². The van der Waals surface area contributed by atoms with Crippen molar-refractivity contribution < 1.29 is 18.7 Å². The fraction of sp³-hybridized carbons (Fsp3) is 0.158. The SMILES string of the molecule is COc1ccc(/C=N\OCc2ncc(-c3ccc(Cl)cc3)o2)cc1OC. The van der Waals surface area contributed by atoms with Crippen LogP contribution in [0.4, 0.5) is 0 Å². The Hall–Kier alpha value is -2.99. The molecule has 0 aliphatic rings. The van der Waals surface area contributed by atoms with E-state index in [0.717, 1.165) is 11.1 Å². The zero-order valence-electron chi connectivity index (χ0n) is 14.3. The highest BCUT2D eigenvalue weighted by Crippen LogP contribution is 2.27. The Morgan fingerprint density at radius 3 is 2.58 bits per heavy atom. The molecule has 0 atom stereocenters. The maximum atomic E-state index is 5.88. The normalized spacial score (nSPS) is 10.9. The predicted molar refractivity (Wildman–Crippen MR) is 98.9 cm³/mol. The van der Waals surface area contributed by atoms with Crippen molar-refractivity contribution in [3.8, 4) is 22.8 Å². The van der Waals surface area contributed by atoms with Crippen LogP contribution in [0.2, 0.25) is 5.02 Å². The van der Waals surface area contributed by atoms with Crippen molar-refractivity contribution in [2.24, 2.45) is 5.16 Å². The molecule has 7 heteroatoms. The largest absolute Gasteiger partial charge is 0.493 e. The summed E-state index contributed by atoms with van der Waals surface area (Å²) in [5.41, 5.74) is 1.71. The third kappa shape index (κ3) is 4.34. The zero-order chi connectivity index (χ0) is 18.4. The fourth-order valence-corrected chi connectivity index (χ4v) is 2.37. The number of ether oxygens (including phenoxy) is 2. The number of hydrogen-bond acceptors (Lipinski definition) is 6. The van der Waals surface area contributed by atoms with Crippen LogP contribution in [0.1, 0.15) is 11.5 Å². The summed E-state index contributed by atoms with van der Waals surface area (Å²) in [6.45, 7) is 0.122. The number of benzene rings is 2. The summed E-state index contributed by atoms with van der Waals surface area (Å²) in [6, 6.07) is 12.8. The Kier molecular flexibility index (Phi) is 5.76. The number of aromatic nitrogens is 1. The summed E-state index contributed by atoms with van der Waals surface area (Å²) in [5.74, 6) is 2.35. The number of nitrogens with zero attached hydrogens (tertiary/aromatic N) is 2. The van der Waals surface area contributed by atoms with Gasteiger partial charge in [-0.1, -0.05) is 16.8 Å². The van der Waals surface area contributed by atoms with Crippen LogP contribution < -0.4 is 9.47 Å². The molecule has 3 aromatic rings. The van der Waals surface area contributed by atoms with Crippen LogP contribution in [0, 0.1) is 0 Å². The summed E-state index contributed by atoms with van der Waals surface area (Å²) in [7, 11) is 3.17. The lowest BCUT2D eigenvalue weighted by Crippen LogP contribution is -1.92. The van der Waals surface area contributed by atoms with Crippen molar-refractivity contribution in [3.63, 3.8) is 0 Å². The molecule has 26 heavy (non-hydrogen) atoms.